The lowest BCUT2D eigenvalue weighted by atomic mass is 10.2. The van der Waals surface area contributed by atoms with E-state index in [4.69, 9.17) is 4.74 Å². The van der Waals surface area contributed by atoms with E-state index in [1.54, 1.807) is 24.1 Å². The summed E-state index contributed by atoms with van der Waals surface area (Å²) in [6.45, 7) is 8.19. The van der Waals surface area contributed by atoms with Crippen molar-refractivity contribution in [2.24, 2.45) is 7.05 Å². The second kappa shape index (κ2) is 11.3. The van der Waals surface area contributed by atoms with E-state index >= 15 is 0 Å². The third-order valence-corrected chi connectivity index (χ3v) is 3.79. The van der Waals surface area contributed by atoms with Gasteiger partial charge in [-0.05, 0) is 28.6 Å². The Morgan fingerprint density at radius 2 is 1.57 bits per heavy atom. The molecule has 2 aromatic carbocycles. The summed E-state index contributed by atoms with van der Waals surface area (Å²) >= 11 is 0. The van der Waals surface area contributed by atoms with E-state index in [9.17, 15) is 4.79 Å². The number of aryl methyl sites for hydroxylation is 1. The predicted molar refractivity (Wildman–Crippen MR) is 115 cm³/mol. The summed E-state index contributed by atoms with van der Waals surface area (Å²) < 4.78 is 9.72. The first-order valence-corrected chi connectivity index (χ1v) is 9.89. The van der Waals surface area contributed by atoms with Gasteiger partial charge in [-0.15, -0.1) is 5.10 Å². The third-order valence-electron chi connectivity index (χ3n) is 3.79. The lowest BCUT2D eigenvalue weighted by Crippen LogP contribution is -2.23. The number of hydrogen-bond acceptors (Lipinski definition) is 6. The van der Waals surface area contributed by atoms with E-state index in [1.807, 2.05) is 76.2 Å². The lowest BCUT2D eigenvalue weighted by Gasteiger charge is -2.07. The molecule has 30 heavy (non-hydrogen) atoms. The summed E-state index contributed by atoms with van der Waals surface area (Å²) in [5.41, 5.74) is 1.93. The number of ether oxygens (including phenoxy) is 1. The Kier molecular flexibility index (Phi) is 8.49. The second-order valence-corrected chi connectivity index (χ2v) is 5.52. The summed E-state index contributed by atoms with van der Waals surface area (Å²) in [5.74, 6) is 0. The third kappa shape index (κ3) is 5.19. The van der Waals surface area contributed by atoms with Crippen LogP contribution in [-0.2, 0) is 13.7 Å². The fraction of sp³-hybridized carbons (Fsp3) is 0.286. The second-order valence-electron chi connectivity index (χ2n) is 5.52. The van der Waals surface area contributed by atoms with Crippen molar-refractivity contribution in [2.45, 2.75) is 34.3 Å². The van der Waals surface area contributed by atoms with Crippen LogP contribution in [0.15, 0.2) is 65.7 Å². The minimum atomic E-state index is -0.330. The molecule has 9 nitrogen and oxygen atoms in total. The van der Waals surface area contributed by atoms with Gasteiger partial charge in [0.15, 0.2) is 0 Å². The van der Waals surface area contributed by atoms with Gasteiger partial charge in [0.05, 0.1) is 11.4 Å². The van der Waals surface area contributed by atoms with Crippen molar-refractivity contribution in [1.82, 2.24) is 34.6 Å². The Bertz CT molecular complexity index is 1080. The molecule has 0 saturated carbocycles. The van der Waals surface area contributed by atoms with Crippen LogP contribution in [0, 0.1) is 0 Å². The molecule has 0 aliphatic heterocycles. The van der Waals surface area contributed by atoms with E-state index in [0.717, 1.165) is 11.3 Å². The van der Waals surface area contributed by atoms with Crippen molar-refractivity contribution in [1.29, 1.82) is 0 Å². The molecule has 0 aliphatic carbocycles. The maximum Gasteiger partial charge on any atom is 0.368 e. The summed E-state index contributed by atoms with van der Waals surface area (Å²) in [6.07, 6.45) is 1.59. The highest BCUT2D eigenvalue weighted by Crippen LogP contribution is 2.15. The quantitative estimate of drug-likeness (QED) is 0.503. The van der Waals surface area contributed by atoms with Gasteiger partial charge in [-0.2, -0.15) is 14.3 Å². The van der Waals surface area contributed by atoms with Gasteiger partial charge in [0.1, 0.15) is 12.9 Å². The fourth-order valence-electron chi connectivity index (χ4n) is 2.47. The molecule has 4 rings (SSSR count). The zero-order chi connectivity index (χ0) is 21.9. The Hall–Kier alpha value is -3.75. The molecule has 0 N–H and O–H groups in total. The molecule has 0 radical (unpaired) electrons. The van der Waals surface area contributed by atoms with E-state index in [2.05, 4.69) is 20.5 Å². The maximum atomic E-state index is 12.1. The number of rotatable bonds is 5. The number of aromatic nitrogens is 7. The van der Waals surface area contributed by atoms with E-state index in [0.29, 0.717) is 5.69 Å². The van der Waals surface area contributed by atoms with Crippen LogP contribution in [0.25, 0.3) is 11.4 Å². The monoisotopic (exact) mass is 409 g/mol. The first-order chi connectivity index (χ1) is 14.7. The van der Waals surface area contributed by atoms with Gasteiger partial charge < -0.3 is 4.74 Å². The zero-order valence-corrected chi connectivity index (χ0v) is 17.9. The molecule has 0 spiro atoms. The Balaban J connectivity index is 0.000000757. The van der Waals surface area contributed by atoms with Crippen LogP contribution in [0.2, 0.25) is 0 Å². The predicted octanol–water partition coefficient (Wildman–Crippen LogP) is 3.18. The van der Waals surface area contributed by atoms with Crippen molar-refractivity contribution < 1.29 is 4.74 Å². The van der Waals surface area contributed by atoms with Gasteiger partial charge in [0.2, 0.25) is 0 Å². The van der Waals surface area contributed by atoms with Crippen LogP contribution in [-0.4, -0.2) is 34.6 Å². The highest BCUT2D eigenvalue weighted by molar-refractivity contribution is 5.39. The summed E-state index contributed by atoms with van der Waals surface area (Å²) in [4.78, 5) is 16.2. The van der Waals surface area contributed by atoms with Crippen LogP contribution in [0.5, 0.6) is 6.01 Å². The van der Waals surface area contributed by atoms with Crippen molar-refractivity contribution >= 4 is 0 Å². The molecule has 0 saturated heterocycles. The smallest absolute Gasteiger partial charge is 0.368 e. The Morgan fingerprint density at radius 1 is 0.900 bits per heavy atom. The lowest BCUT2D eigenvalue weighted by molar-refractivity contribution is 0.280. The normalized spacial score (nSPS) is 9.77. The number of nitrogens with zero attached hydrogens (tertiary/aromatic N) is 7. The highest BCUT2D eigenvalue weighted by Gasteiger charge is 2.12. The fourth-order valence-corrected chi connectivity index (χ4v) is 2.47. The number of benzene rings is 2. The molecule has 158 valence electrons. The van der Waals surface area contributed by atoms with E-state index in [1.165, 1.54) is 9.36 Å². The van der Waals surface area contributed by atoms with Crippen molar-refractivity contribution in [2.75, 3.05) is 0 Å². The molecule has 0 atom stereocenters. The number of hydrogen-bond donors (Lipinski definition) is 0. The van der Waals surface area contributed by atoms with Gasteiger partial charge in [-0.1, -0.05) is 64.1 Å². The summed E-state index contributed by atoms with van der Waals surface area (Å²) in [7, 11) is 1.55. The molecule has 0 bridgehead atoms. The molecule has 4 aromatic rings. The maximum absolute atomic E-state index is 12.1. The van der Waals surface area contributed by atoms with Gasteiger partial charge in [-0.25, -0.2) is 9.48 Å². The van der Waals surface area contributed by atoms with Gasteiger partial charge in [0.25, 0.3) is 0 Å². The number of tetrazole rings is 1. The average molecular weight is 409 g/mol. The zero-order valence-electron chi connectivity index (χ0n) is 17.9. The van der Waals surface area contributed by atoms with E-state index in [-0.39, 0.29) is 18.3 Å². The largest absolute Gasteiger partial charge is 0.457 e. The average Bonchev–Trinajstić information content (AvgIpc) is 3.43. The molecule has 0 aliphatic rings. The van der Waals surface area contributed by atoms with Gasteiger partial charge in [-0.3, -0.25) is 0 Å². The van der Waals surface area contributed by atoms with Gasteiger partial charge in [0, 0.05) is 12.6 Å². The minimum absolute atomic E-state index is 0.192. The first-order valence-electron chi connectivity index (χ1n) is 9.89. The SMILES string of the molecule is CC.CC.Cn1nnn(-c2ccccc2COc2ncn(-c3ccccc3)n2)c1=O. The molecule has 0 unspecified atom stereocenters. The van der Waals surface area contributed by atoms with Gasteiger partial charge >= 0.3 is 11.7 Å². The highest BCUT2D eigenvalue weighted by atomic mass is 16.5. The van der Waals surface area contributed by atoms with Crippen LogP contribution in [0.3, 0.4) is 0 Å². The topological polar surface area (TPSA) is 92.7 Å². The molecule has 0 fully saturated rings. The van der Waals surface area contributed by atoms with Crippen LogP contribution < -0.4 is 10.4 Å². The standard InChI is InChI=1S/C17H15N7O2.2C2H6/c1-22-17(25)24(21-20-22)15-10-6-5-7-13(15)11-26-16-18-12-23(19-16)14-8-3-2-4-9-14;2*1-2/h2-10,12H,11H2,1H3;2*1-2H3. The Labute approximate surface area is 175 Å². The van der Waals surface area contributed by atoms with Crippen LogP contribution in [0.4, 0.5) is 0 Å². The first kappa shape index (κ1) is 22.5. The molecule has 9 heteroatoms. The molecule has 2 aromatic heterocycles. The summed E-state index contributed by atoms with van der Waals surface area (Å²) in [6, 6.07) is 17.2. The van der Waals surface area contributed by atoms with Crippen molar-refractivity contribution in [3.8, 4) is 17.4 Å². The molecular weight excluding hydrogens is 382 g/mol. The van der Waals surface area contributed by atoms with Crippen LogP contribution >= 0.6 is 0 Å². The minimum Gasteiger partial charge on any atom is -0.457 e. The Morgan fingerprint density at radius 3 is 2.23 bits per heavy atom. The van der Waals surface area contributed by atoms with E-state index < -0.39 is 0 Å². The molecule has 2 heterocycles. The van der Waals surface area contributed by atoms with Crippen molar-refractivity contribution in [3.63, 3.8) is 0 Å². The molecule has 0 amide bonds. The molecular formula is C21H27N7O2. The summed E-state index contributed by atoms with van der Waals surface area (Å²) in [5, 5.41) is 11.9. The van der Waals surface area contributed by atoms with Crippen molar-refractivity contribution in [3.05, 3.63) is 77.0 Å². The number of para-hydroxylation sites is 2. The van der Waals surface area contributed by atoms with Crippen LogP contribution in [0.1, 0.15) is 33.3 Å².